The van der Waals surface area contributed by atoms with Crippen molar-refractivity contribution in [2.24, 2.45) is 0 Å². The molecule has 0 saturated carbocycles. The molecule has 1 aromatic carbocycles. The largest absolute Gasteiger partial charge is 0.350 e. The molecule has 1 aromatic heterocycles. The second-order valence-corrected chi connectivity index (χ2v) is 4.35. The first-order valence-electron chi connectivity index (χ1n) is 6.10. The predicted octanol–water partition coefficient (Wildman–Crippen LogP) is 2.61. The van der Waals surface area contributed by atoms with Gasteiger partial charge in [-0.15, -0.1) is 0 Å². The van der Waals surface area contributed by atoms with Crippen molar-refractivity contribution >= 4 is 5.91 Å². The van der Waals surface area contributed by atoms with Crippen molar-refractivity contribution in [3.05, 3.63) is 42.2 Å². The van der Waals surface area contributed by atoms with Crippen LogP contribution in [0.1, 0.15) is 30.6 Å². The number of carbonyl (C=O) groups is 1. The van der Waals surface area contributed by atoms with E-state index in [-0.39, 0.29) is 11.9 Å². The lowest BCUT2D eigenvalue weighted by molar-refractivity contribution is 0.0939. The Morgan fingerprint density at radius 3 is 2.61 bits per heavy atom. The highest BCUT2D eigenvalue weighted by molar-refractivity contribution is 5.94. The Morgan fingerprint density at radius 2 is 2.06 bits per heavy atom. The first-order valence-corrected chi connectivity index (χ1v) is 6.10. The summed E-state index contributed by atoms with van der Waals surface area (Å²) in [5, 5.41) is 9.61. The van der Waals surface area contributed by atoms with Crippen molar-refractivity contribution in [1.82, 2.24) is 15.5 Å². The standard InChI is InChI=1S/C14H17N3O/c1-3-10(2)17-14(18)12-6-4-11(5-7-12)13-8-15-16-9-13/h4-10H,3H2,1-2H3,(H,15,16)(H,17,18). The first kappa shape index (κ1) is 12.4. The quantitative estimate of drug-likeness (QED) is 0.867. The van der Waals surface area contributed by atoms with Crippen LogP contribution in [0.25, 0.3) is 11.1 Å². The number of rotatable bonds is 4. The fraction of sp³-hybridized carbons (Fsp3) is 0.286. The molecule has 0 radical (unpaired) electrons. The summed E-state index contributed by atoms with van der Waals surface area (Å²) in [4.78, 5) is 11.9. The maximum absolute atomic E-state index is 11.9. The van der Waals surface area contributed by atoms with Crippen LogP contribution >= 0.6 is 0 Å². The van der Waals surface area contributed by atoms with Crippen LogP contribution in [0.4, 0.5) is 0 Å². The van der Waals surface area contributed by atoms with E-state index in [1.54, 1.807) is 6.20 Å². The molecule has 2 aromatic rings. The molecule has 18 heavy (non-hydrogen) atoms. The molecule has 0 saturated heterocycles. The van der Waals surface area contributed by atoms with Gasteiger partial charge in [-0.3, -0.25) is 9.89 Å². The highest BCUT2D eigenvalue weighted by atomic mass is 16.1. The monoisotopic (exact) mass is 243 g/mol. The molecule has 0 bridgehead atoms. The molecule has 0 aliphatic rings. The lowest BCUT2D eigenvalue weighted by Gasteiger charge is -2.11. The highest BCUT2D eigenvalue weighted by Gasteiger charge is 2.08. The number of amides is 1. The molecular formula is C14H17N3O. The fourth-order valence-corrected chi connectivity index (χ4v) is 1.63. The van der Waals surface area contributed by atoms with E-state index in [1.165, 1.54) is 0 Å². The van der Waals surface area contributed by atoms with Crippen LogP contribution in [0.3, 0.4) is 0 Å². The second-order valence-electron chi connectivity index (χ2n) is 4.35. The Morgan fingerprint density at radius 1 is 1.33 bits per heavy atom. The van der Waals surface area contributed by atoms with Gasteiger partial charge in [-0.1, -0.05) is 19.1 Å². The van der Waals surface area contributed by atoms with Gasteiger partial charge in [0.15, 0.2) is 0 Å². The van der Waals surface area contributed by atoms with Crippen molar-refractivity contribution < 1.29 is 4.79 Å². The highest BCUT2D eigenvalue weighted by Crippen LogP contribution is 2.17. The predicted molar refractivity (Wildman–Crippen MR) is 71.2 cm³/mol. The number of nitrogens with zero attached hydrogens (tertiary/aromatic N) is 1. The van der Waals surface area contributed by atoms with Crippen LogP contribution < -0.4 is 5.32 Å². The zero-order valence-electron chi connectivity index (χ0n) is 10.6. The van der Waals surface area contributed by atoms with E-state index >= 15 is 0 Å². The zero-order valence-corrected chi connectivity index (χ0v) is 10.6. The number of aromatic nitrogens is 2. The summed E-state index contributed by atoms with van der Waals surface area (Å²) in [5.74, 6) is -0.0249. The molecule has 0 aliphatic heterocycles. The summed E-state index contributed by atoms with van der Waals surface area (Å²) < 4.78 is 0. The third-order valence-electron chi connectivity index (χ3n) is 2.97. The molecule has 0 aliphatic carbocycles. The van der Waals surface area contributed by atoms with E-state index in [4.69, 9.17) is 0 Å². The third kappa shape index (κ3) is 2.77. The van der Waals surface area contributed by atoms with Crippen molar-refractivity contribution in [2.45, 2.75) is 26.3 Å². The van der Waals surface area contributed by atoms with Crippen molar-refractivity contribution in [2.75, 3.05) is 0 Å². The second kappa shape index (κ2) is 5.49. The van der Waals surface area contributed by atoms with Gasteiger partial charge in [0.2, 0.25) is 0 Å². The number of H-pyrrole nitrogens is 1. The summed E-state index contributed by atoms with van der Waals surface area (Å²) in [6, 6.07) is 7.72. The van der Waals surface area contributed by atoms with Gasteiger partial charge in [0, 0.05) is 23.4 Å². The Labute approximate surface area is 106 Å². The lowest BCUT2D eigenvalue weighted by Crippen LogP contribution is -2.31. The van der Waals surface area contributed by atoms with Gasteiger partial charge < -0.3 is 5.32 Å². The zero-order chi connectivity index (χ0) is 13.0. The Hall–Kier alpha value is -2.10. The van der Waals surface area contributed by atoms with Crippen molar-refractivity contribution in [3.63, 3.8) is 0 Å². The average Bonchev–Trinajstić information content (AvgIpc) is 2.92. The maximum Gasteiger partial charge on any atom is 0.251 e. The van der Waals surface area contributed by atoms with Crippen LogP contribution in [0.2, 0.25) is 0 Å². The average molecular weight is 243 g/mol. The number of hydrogen-bond donors (Lipinski definition) is 2. The van der Waals surface area contributed by atoms with Gasteiger partial charge in [-0.25, -0.2) is 0 Å². The Bertz CT molecular complexity index is 502. The number of benzene rings is 1. The van der Waals surface area contributed by atoms with E-state index in [0.29, 0.717) is 5.56 Å². The molecule has 0 spiro atoms. The van der Waals surface area contributed by atoms with E-state index in [2.05, 4.69) is 15.5 Å². The first-order chi connectivity index (χ1) is 8.70. The molecule has 4 heteroatoms. The van der Waals surface area contributed by atoms with Gasteiger partial charge in [0.05, 0.1) is 6.20 Å². The van der Waals surface area contributed by atoms with Crippen LogP contribution in [-0.4, -0.2) is 22.1 Å². The van der Waals surface area contributed by atoms with Gasteiger partial charge in [-0.2, -0.15) is 5.10 Å². The van der Waals surface area contributed by atoms with Crippen LogP contribution in [0.15, 0.2) is 36.7 Å². The molecule has 1 heterocycles. The number of aromatic amines is 1. The minimum atomic E-state index is -0.0249. The molecule has 2 rings (SSSR count). The topological polar surface area (TPSA) is 57.8 Å². The molecule has 94 valence electrons. The summed E-state index contributed by atoms with van der Waals surface area (Å²) in [5.41, 5.74) is 2.75. The van der Waals surface area contributed by atoms with E-state index in [1.807, 2.05) is 44.3 Å². The molecule has 0 fully saturated rings. The van der Waals surface area contributed by atoms with Crippen LogP contribution in [0, 0.1) is 0 Å². The normalized spacial score (nSPS) is 12.1. The fourth-order valence-electron chi connectivity index (χ4n) is 1.63. The van der Waals surface area contributed by atoms with Crippen molar-refractivity contribution in [3.8, 4) is 11.1 Å². The molecular weight excluding hydrogens is 226 g/mol. The van der Waals surface area contributed by atoms with Crippen molar-refractivity contribution in [1.29, 1.82) is 0 Å². The maximum atomic E-state index is 11.9. The van der Waals surface area contributed by atoms with Gasteiger partial charge >= 0.3 is 0 Å². The summed E-state index contributed by atoms with van der Waals surface area (Å²) >= 11 is 0. The summed E-state index contributed by atoms with van der Waals surface area (Å²) in [6.07, 6.45) is 4.52. The molecule has 2 N–H and O–H groups in total. The van der Waals surface area contributed by atoms with Gasteiger partial charge in [-0.05, 0) is 31.0 Å². The molecule has 1 atom stereocenters. The summed E-state index contributed by atoms with van der Waals surface area (Å²) in [6.45, 7) is 4.05. The number of hydrogen-bond acceptors (Lipinski definition) is 2. The van der Waals surface area contributed by atoms with E-state index < -0.39 is 0 Å². The van der Waals surface area contributed by atoms with Gasteiger partial charge in [0.25, 0.3) is 5.91 Å². The lowest BCUT2D eigenvalue weighted by atomic mass is 10.1. The molecule has 4 nitrogen and oxygen atoms in total. The number of nitrogens with one attached hydrogen (secondary N) is 2. The number of carbonyl (C=O) groups excluding carboxylic acids is 1. The van der Waals surface area contributed by atoms with E-state index in [9.17, 15) is 4.79 Å². The third-order valence-corrected chi connectivity index (χ3v) is 2.97. The smallest absolute Gasteiger partial charge is 0.251 e. The Kier molecular flexibility index (Phi) is 3.77. The van der Waals surface area contributed by atoms with E-state index in [0.717, 1.165) is 17.5 Å². The molecule has 1 unspecified atom stereocenters. The minimum absolute atomic E-state index is 0.0249. The van der Waals surface area contributed by atoms with Gasteiger partial charge in [0.1, 0.15) is 0 Å². The minimum Gasteiger partial charge on any atom is -0.350 e. The SMILES string of the molecule is CCC(C)NC(=O)c1ccc(-c2cn[nH]c2)cc1. The molecule has 1 amide bonds. The Balaban J connectivity index is 2.10. The summed E-state index contributed by atoms with van der Waals surface area (Å²) in [7, 11) is 0. The van der Waals surface area contributed by atoms with Crippen LogP contribution in [-0.2, 0) is 0 Å². The van der Waals surface area contributed by atoms with Crippen LogP contribution in [0.5, 0.6) is 0 Å².